The highest BCUT2D eigenvalue weighted by Gasteiger charge is 2.31. The summed E-state index contributed by atoms with van der Waals surface area (Å²) < 4.78 is 26.1. The topological polar surface area (TPSA) is 77.9 Å². The third-order valence-corrected chi connectivity index (χ3v) is 5.99. The zero-order valence-electron chi connectivity index (χ0n) is 13.9. The second kappa shape index (κ2) is 7.84. The number of hydrogen-bond acceptors (Lipinski definition) is 4. The van der Waals surface area contributed by atoms with E-state index in [1.54, 1.807) is 31.3 Å². The van der Waals surface area contributed by atoms with Crippen molar-refractivity contribution >= 4 is 37.5 Å². The Hall–Kier alpha value is -1.12. The normalized spacial score (nSPS) is 21.3. The molecule has 1 N–H and O–H groups in total. The summed E-state index contributed by atoms with van der Waals surface area (Å²) in [5.41, 5.74) is 0.429. The number of aliphatic hydroxyl groups excluding tert-OH is 1. The smallest absolute Gasteiger partial charge is 0.243 e. The van der Waals surface area contributed by atoms with E-state index in [0.29, 0.717) is 12.1 Å². The van der Waals surface area contributed by atoms with Gasteiger partial charge in [0.05, 0.1) is 24.1 Å². The number of carbonyl (C=O) groups excluding carboxylic acids is 1. The molecule has 2 unspecified atom stereocenters. The van der Waals surface area contributed by atoms with Gasteiger partial charge in [-0.3, -0.25) is 9.10 Å². The summed E-state index contributed by atoms with van der Waals surface area (Å²) in [4.78, 5) is 14.1. The minimum atomic E-state index is -3.61. The zero-order valence-corrected chi connectivity index (χ0v) is 16.3. The van der Waals surface area contributed by atoms with Gasteiger partial charge in [-0.1, -0.05) is 34.8 Å². The summed E-state index contributed by atoms with van der Waals surface area (Å²) in [5.74, 6) is -0.327. The van der Waals surface area contributed by atoms with Crippen LogP contribution in [0.5, 0.6) is 0 Å². The molecule has 0 bridgehead atoms. The number of nitrogens with zero attached hydrogens (tertiary/aromatic N) is 2. The van der Waals surface area contributed by atoms with E-state index in [4.69, 9.17) is 0 Å². The zero-order chi connectivity index (χ0) is 17.9. The molecule has 1 saturated carbocycles. The van der Waals surface area contributed by atoms with Crippen LogP contribution in [0.3, 0.4) is 0 Å². The maximum absolute atomic E-state index is 12.6. The molecule has 0 saturated heterocycles. The molecule has 2 atom stereocenters. The summed E-state index contributed by atoms with van der Waals surface area (Å²) in [6, 6.07) is 6.56. The van der Waals surface area contributed by atoms with Crippen LogP contribution < -0.4 is 4.31 Å². The standard InChI is InChI=1S/C16H23BrN2O4S/c1-18(14-8-3-4-9-15(14)20)16(21)11-19(24(2,22)23)13-7-5-6-12(17)10-13/h5-7,10,14-15,20H,3-4,8-9,11H2,1-2H3. The van der Waals surface area contributed by atoms with Gasteiger partial charge in [0, 0.05) is 11.5 Å². The van der Waals surface area contributed by atoms with E-state index in [-0.39, 0.29) is 18.5 Å². The predicted molar refractivity (Wildman–Crippen MR) is 97.4 cm³/mol. The molecule has 0 aromatic heterocycles. The van der Waals surface area contributed by atoms with Gasteiger partial charge in [-0.05, 0) is 31.0 Å². The number of amides is 1. The first kappa shape index (κ1) is 19.2. The number of hydrogen-bond donors (Lipinski definition) is 1. The molecule has 2 rings (SSSR count). The first-order valence-electron chi connectivity index (χ1n) is 7.87. The van der Waals surface area contributed by atoms with Crippen LogP contribution >= 0.6 is 15.9 Å². The molecule has 0 radical (unpaired) electrons. The van der Waals surface area contributed by atoms with Crippen LogP contribution in [-0.4, -0.2) is 56.3 Å². The van der Waals surface area contributed by atoms with E-state index in [9.17, 15) is 18.3 Å². The van der Waals surface area contributed by atoms with Crippen molar-refractivity contribution in [2.45, 2.75) is 37.8 Å². The van der Waals surface area contributed by atoms with Gasteiger partial charge in [0.1, 0.15) is 6.54 Å². The number of carbonyl (C=O) groups is 1. The lowest BCUT2D eigenvalue weighted by Crippen LogP contribution is -2.50. The van der Waals surface area contributed by atoms with Crippen LogP contribution in [0.1, 0.15) is 25.7 Å². The van der Waals surface area contributed by atoms with Gasteiger partial charge in [0.25, 0.3) is 0 Å². The number of benzene rings is 1. The van der Waals surface area contributed by atoms with E-state index < -0.39 is 16.1 Å². The van der Waals surface area contributed by atoms with Gasteiger partial charge in [0.15, 0.2) is 0 Å². The Morgan fingerprint density at radius 2 is 2.00 bits per heavy atom. The number of aliphatic hydroxyl groups is 1. The van der Waals surface area contributed by atoms with Gasteiger partial charge in [0.2, 0.25) is 15.9 Å². The molecule has 8 heteroatoms. The van der Waals surface area contributed by atoms with E-state index in [2.05, 4.69) is 15.9 Å². The first-order valence-corrected chi connectivity index (χ1v) is 10.5. The lowest BCUT2D eigenvalue weighted by molar-refractivity contribution is -0.133. The Bertz CT molecular complexity index is 695. The SMILES string of the molecule is CN(C(=O)CN(c1cccc(Br)c1)S(C)(=O)=O)C1CCCCC1O. The molecule has 1 amide bonds. The summed E-state index contributed by atoms with van der Waals surface area (Å²) in [7, 11) is -1.98. The van der Waals surface area contributed by atoms with Crippen molar-refractivity contribution in [3.8, 4) is 0 Å². The van der Waals surface area contributed by atoms with Crippen LogP contribution in [-0.2, 0) is 14.8 Å². The van der Waals surface area contributed by atoms with E-state index in [1.165, 1.54) is 4.90 Å². The number of sulfonamides is 1. The number of halogens is 1. The lowest BCUT2D eigenvalue weighted by atomic mass is 9.91. The molecule has 0 heterocycles. The highest BCUT2D eigenvalue weighted by atomic mass is 79.9. The van der Waals surface area contributed by atoms with Crippen molar-refractivity contribution in [2.75, 3.05) is 24.2 Å². The van der Waals surface area contributed by atoms with Gasteiger partial charge in [-0.15, -0.1) is 0 Å². The number of likely N-dealkylation sites (N-methyl/N-ethyl adjacent to an activating group) is 1. The van der Waals surface area contributed by atoms with Crippen LogP contribution in [0.2, 0.25) is 0 Å². The second-order valence-corrected chi connectivity index (χ2v) is 9.00. The summed E-state index contributed by atoms with van der Waals surface area (Å²) in [6.07, 6.45) is 3.85. The molecule has 0 spiro atoms. The largest absolute Gasteiger partial charge is 0.391 e. The van der Waals surface area contributed by atoms with Crippen LogP contribution in [0.25, 0.3) is 0 Å². The van der Waals surface area contributed by atoms with Crippen LogP contribution in [0.4, 0.5) is 5.69 Å². The highest BCUT2D eigenvalue weighted by molar-refractivity contribution is 9.10. The second-order valence-electron chi connectivity index (χ2n) is 6.17. The fraction of sp³-hybridized carbons (Fsp3) is 0.562. The Morgan fingerprint density at radius 3 is 2.58 bits per heavy atom. The Kier molecular flexibility index (Phi) is 6.28. The van der Waals surface area contributed by atoms with Crippen molar-refractivity contribution in [1.29, 1.82) is 0 Å². The van der Waals surface area contributed by atoms with Crippen molar-refractivity contribution in [2.24, 2.45) is 0 Å². The van der Waals surface area contributed by atoms with Gasteiger partial charge < -0.3 is 10.0 Å². The molecule has 6 nitrogen and oxygen atoms in total. The summed E-state index contributed by atoms with van der Waals surface area (Å²) in [5, 5.41) is 10.1. The van der Waals surface area contributed by atoms with E-state index >= 15 is 0 Å². The monoisotopic (exact) mass is 418 g/mol. The molecular formula is C16H23BrN2O4S. The Balaban J connectivity index is 2.19. The van der Waals surface area contributed by atoms with Gasteiger partial charge in [-0.2, -0.15) is 0 Å². The van der Waals surface area contributed by atoms with Crippen LogP contribution in [0, 0.1) is 0 Å². The molecule has 24 heavy (non-hydrogen) atoms. The molecule has 1 fully saturated rings. The summed E-state index contributed by atoms with van der Waals surface area (Å²) in [6.45, 7) is -0.283. The third-order valence-electron chi connectivity index (χ3n) is 4.36. The third kappa shape index (κ3) is 4.70. The van der Waals surface area contributed by atoms with Crippen LogP contribution in [0.15, 0.2) is 28.7 Å². The van der Waals surface area contributed by atoms with Crippen molar-refractivity contribution < 1.29 is 18.3 Å². The van der Waals surface area contributed by atoms with E-state index in [0.717, 1.165) is 34.3 Å². The molecule has 1 aromatic carbocycles. The lowest BCUT2D eigenvalue weighted by Gasteiger charge is -2.36. The van der Waals surface area contributed by atoms with Crippen molar-refractivity contribution in [3.05, 3.63) is 28.7 Å². The Labute approximate surface area is 151 Å². The average molecular weight is 419 g/mol. The number of anilines is 1. The molecule has 1 aliphatic carbocycles. The average Bonchev–Trinajstić information content (AvgIpc) is 2.51. The van der Waals surface area contributed by atoms with Gasteiger partial charge >= 0.3 is 0 Å². The van der Waals surface area contributed by atoms with E-state index in [1.807, 2.05) is 0 Å². The summed E-state index contributed by atoms with van der Waals surface area (Å²) >= 11 is 3.31. The fourth-order valence-corrected chi connectivity index (χ4v) is 4.22. The molecule has 1 aromatic rings. The first-order chi connectivity index (χ1) is 11.2. The maximum Gasteiger partial charge on any atom is 0.243 e. The maximum atomic E-state index is 12.6. The molecule has 134 valence electrons. The molecule has 1 aliphatic rings. The van der Waals surface area contributed by atoms with Gasteiger partial charge in [-0.25, -0.2) is 8.42 Å². The Morgan fingerprint density at radius 1 is 1.33 bits per heavy atom. The molecule has 0 aliphatic heterocycles. The van der Waals surface area contributed by atoms with Crippen molar-refractivity contribution in [1.82, 2.24) is 4.90 Å². The minimum absolute atomic E-state index is 0.254. The highest BCUT2D eigenvalue weighted by Crippen LogP contribution is 2.25. The fourth-order valence-electron chi connectivity index (χ4n) is 2.99. The number of rotatable bonds is 5. The molecular weight excluding hydrogens is 396 g/mol. The quantitative estimate of drug-likeness (QED) is 0.792. The predicted octanol–water partition coefficient (Wildman–Crippen LogP) is 1.98. The van der Waals surface area contributed by atoms with Crippen molar-refractivity contribution in [3.63, 3.8) is 0 Å². The minimum Gasteiger partial charge on any atom is -0.391 e.